The topological polar surface area (TPSA) is 15.3 Å². The predicted molar refractivity (Wildman–Crippen MR) is 90.6 cm³/mol. The van der Waals surface area contributed by atoms with Crippen molar-refractivity contribution in [2.24, 2.45) is 0 Å². The molecule has 0 aliphatic carbocycles. The summed E-state index contributed by atoms with van der Waals surface area (Å²) in [5.74, 6) is 0.655. The Morgan fingerprint density at radius 2 is 2.25 bits per heavy atom. The highest BCUT2D eigenvalue weighted by atomic mass is 79.9. The minimum absolute atomic E-state index is 0.655. The average Bonchev–Trinajstić information content (AvgIpc) is 3.03. The fourth-order valence-electron chi connectivity index (χ4n) is 2.81. The van der Waals surface area contributed by atoms with Crippen LogP contribution < -0.4 is 5.32 Å². The number of rotatable bonds is 5. The number of hydrogen-bond donors (Lipinski definition) is 1. The number of hydrogen-bond acceptors (Lipinski definition) is 3. The highest BCUT2D eigenvalue weighted by molar-refractivity contribution is 9.11. The Morgan fingerprint density at radius 3 is 3.05 bits per heavy atom. The number of anilines is 1. The second-order valence-corrected chi connectivity index (χ2v) is 7.74. The molecule has 2 aromatic rings. The molecule has 3 rings (SSSR count). The van der Waals surface area contributed by atoms with Crippen molar-refractivity contribution in [3.05, 3.63) is 50.6 Å². The van der Waals surface area contributed by atoms with Gasteiger partial charge in [0.15, 0.2) is 0 Å². The van der Waals surface area contributed by atoms with Gasteiger partial charge in [-0.05, 0) is 64.6 Å². The molecule has 0 amide bonds. The predicted octanol–water partition coefficient (Wildman–Crippen LogP) is 4.54. The van der Waals surface area contributed by atoms with E-state index in [2.05, 4.69) is 68.9 Å². The lowest BCUT2D eigenvalue weighted by Crippen LogP contribution is -2.21. The molecule has 0 fully saturated rings. The summed E-state index contributed by atoms with van der Waals surface area (Å²) in [4.78, 5) is 2.41. The molecule has 0 spiro atoms. The summed E-state index contributed by atoms with van der Waals surface area (Å²) in [6, 6.07) is 10.9. The van der Waals surface area contributed by atoms with Crippen LogP contribution in [0.3, 0.4) is 0 Å². The Labute approximate surface area is 132 Å². The van der Waals surface area contributed by atoms with E-state index < -0.39 is 0 Å². The zero-order chi connectivity index (χ0) is 13.9. The minimum Gasteiger partial charge on any atom is -0.384 e. The molecule has 20 heavy (non-hydrogen) atoms. The minimum atomic E-state index is 0.655. The third kappa shape index (κ3) is 3.25. The smallest absolute Gasteiger partial charge is 0.0701 e. The first kappa shape index (κ1) is 14.1. The standard InChI is InChI=1S/C16H19BrN2S/c1-19(10-12-8-16(17)20-11-12)7-6-13-9-18-15-5-3-2-4-14(13)15/h2-5,8,11,13,18H,6-7,9-10H2,1H3. The summed E-state index contributed by atoms with van der Waals surface area (Å²) in [6.45, 7) is 3.25. The van der Waals surface area contributed by atoms with Crippen LogP contribution in [0, 0.1) is 0 Å². The molecular weight excluding hydrogens is 332 g/mol. The number of nitrogens with zero attached hydrogens (tertiary/aromatic N) is 1. The van der Waals surface area contributed by atoms with E-state index in [-0.39, 0.29) is 0 Å². The van der Waals surface area contributed by atoms with Crippen molar-refractivity contribution in [1.82, 2.24) is 4.90 Å². The largest absolute Gasteiger partial charge is 0.384 e. The Balaban J connectivity index is 1.53. The average molecular weight is 351 g/mol. The van der Waals surface area contributed by atoms with Gasteiger partial charge in [-0.15, -0.1) is 11.3 Å². The van der Waals surface area contributed by atoms with Gasteiger partial charge in [0.2, 0.25) is 0 Å². The van der Waals surface area contributed by atoms with Crippen LogP contribution in [0.4, 0.5) is 5.69 Å². The molecule has 4 heteroatoms. The summed E-state index contributed by atoms with van der Waals surface area (Å²) in [5, 5.41) is 5.73. The number of fused-ring (bicyclic) bond motifs is 1. The maximum Gasteiger partial charge on any atom is 0.0701 e. The number of benzene rings is 1. The first-order valence-electron chi connectivity index (χ1n) is 6.96. The zero-order valence-corrected chi connectivity index (χ0v) is 14.0. The Hall–Kier alpha value is -0.840. The second kappa shape index (κ2) is 6.29. The van der Waals surface area contributed by atoms with Crippen molar-refractivity contribution >= 4 is 33.0 Å². The second-order valence-electron chi connectivity index (χ2n) is 5.45. The molecule has 0 radical (unpaired) electrons. The molecule has 1 atom stereocenters. The van der Waals surface area contributed by atoms with Gasteiger partial charge in [0.1, 0.15) is 0 Å². The lowest BCUT2D eigenvalue weighted by atomic mass is 9.98. The fourth-order valence-corrected chi connectivity index (χ4v) is 4.01. The lowest BCUT2D eigenvalue weighted by Gasteiger charge is -2.18. The zero-order valence-electron chi connectivity index (χ0n) is 11.6. The van der Waals surface area contributed by atoms with Crippen LogP contribution in [-0.4, -0.2) is 25.0 Å². The maximum absolute atomic E-state index is 3.52. The number of nitrogens with one attached hydrogen (secondary N) is 1. The van der Waals surface area contributed by atoms with Crippen LogP contribution in [-0.2, 0) is 6.54 Å². The Kier molecular flexibility index (Phi) is 4.44. The van der Waals surface area contributed by atoms with Gasteiger partial charge >= 0.3 is 0 Å². The molecule has 1 aromatic heterocycles. The summed E-state index contributed by atoms with van der Waals surface area (Å²) in [6.07, 6.45) is 1.21. The highest BCUT2D eigenvalue weighted by Gasteiger charge is 2.21. The van der Waals surface area contributed by atoms with E-state index in [9.17, 15) is 0 Å². The van der Waals surface area contributed by atoms with Crippen molar-refractivity contribution in [1.29, 1.82) is 0 Å². The normalized spacial score (nSPS) is 17.2. The summed E-state index contributed by atoms with van der Waals surface area (Å²) in [7, 11) is 2.21. The van der Waals surface area contributed by atoms with Crippen LogP contribution in [0.5, 0.6) is 0 Å². The lowest BCUT2D eigenvalue weighted by molar-refractivity contribution is 0.314. The van der Waals surface area contributed by atoms with Crippen LogP contribution in [0.1, 0.15) is 23.5 Å². The van der Waals surface area contributed by atoms with Gasteiger partial charge in [0.05, 0.1) is 3.79 Å². The van der Waals surface area contributed by atoms with Crippen LogP contribution >= 0.6 is 27.3 Å². The maximum atomic E-state index is 3.52. The van der Waals surface area contributed by atoms with Crippen molar-refractivity contribution < 1.29 is 0 Å². The summed E-state index contributed by atoms with van der Waals surface area (Å²) in [5.41, 5.74) is 4.20. The molecule has 1 aliphatic rings. The first-order valence-corrected chi connectivity index (χ1v) is 8.64. The summed E-state index contributed by atoms with van der Waals surface area (Å²) >= 11 is 5.29. The molecule has 0 saturated heterocycles. The van der Waals surface area contributed by atoms with Gasteiger partial charge in [-0.2, -0.15) is 0 Å². The van der Waals surface area contributed by atoms with E-state index in [4.69, 9.17) is 0 Å². The molecule has 0 saturated carbocycles. The van der Waals surface area contributed by atoms with Crippen molar-refractivity contribution in [3.8, 4) is 0 Å². The molecule has 1 aromatic carbocycles. The highest BCUT2D eigenvalue weighted by Crippen LogP contribution is 2.33. The fraction of sp³-hybridized carbons (Fsp3) is 0.375. The van der Waals surface area contributed by atoms with E-state index in [0.717, 1.165) is 19.6 Å². The Bertz CT molecular complexity index is 581. The van der Waals surface area contributed by atoms with Crippen LogP contribution in [0.15, 0.2) is 39.5 Å². The third-order valence-corrected chi connectivity index (χ3v) is 5.43. The molecule has 2 heterocycles. The van der Waals surface area contributed by atoms with E-state index in [0.29, 0.717) is 5.92 Å². The quantitative estimate of drug-likeness (QED) is 0.851. The molecule has 2 nitrogen and oxygen atoms in total. The van der Waals surface area contributed by atoms with Crippen LogP contribution in [0.25, 0.3) is 0 Å². The number of halogens is 1. The first-order chi connectivity index (χ1) is 9.72. The van der Waals surface area contributed by atoms with Gasteiger partial charge in [0, 0.05) is 24.7 Å². The van der Waals surface area contributed by atoms with E-state index >= 15 is 0 Å². The van der Waals surface area contributed by atoms with Gasteiger partial charge in [-0.25, -0.2) is 0 Å². The van der Waals surface area contributed by atoms with Gasteiger partial charge in [-0.3, -0.25) is 0 Å². The van der Waals surface area contributed by atoms with Crippen LogP contribution in [0.2, 0.25) is 0 Å². The number of thiophene rings is 1. The van der Waals surface area contributed by atoms with Crippen molar-refractivity contribution in [3.63, 3.8) is 0 Å². The van der Waals surface area contributed by atoms with Gasteiger partial charge in [0.25, 0.3) is 0 Å². The molecular formula is C16H19BrN2S. The van der Waals surface area contributed by atoms with E-state index in [1.807, 2.05) is 0 Å². The third-order valence-electron chi connectivity index (χ3n) is 3.87. The number of para-hydroxylation sites is 1. The van der Waals surface area contributed by atoms with Crippen molar-refractivity contribution in [2.75, 3.05) is 25.5 Å². The molecule has 1 aliphatic heterocycles. The molecule has 1 N–H and O–H groups in total. The SMILES string of the molecule is CN(CCC1CNc2ccccc21)Cc1csc(Br)c1. The molecule has 0 bridgehead atoms. The monoisotopic (exact) mass is 350 g/mol. The summed E-state index contributed by atoms with van der Waals surface area (Å²) < 4.78 is 1.22. The molecule has 106 valence electrons. The van der Waals surface area contributed by atoms with Crippen molar-refractivity contribution in [2.45, 2.75) is 18.9 Å². The Morgan fingerprint density at radius 1 is 1.40 bits per heavy atom. The van der Waals surface area contributed by atoms with Gasteiger partial charge < -0.3 is 10.2 Å². The van der Waals surface area contributed by atoms with Gasteiger partial charge in [-0.1, -0.05) is 18.2 Å². The van der Waals surface area contributed by atoms with E-state index in [1.54, 1.807) is 11.3 Å². The van der Waals surface area contributed by atoms with E-state index in [1.165, 1.54) is 27.0 Å². The molecule has 1 unspecified atom stereocenters.